The largest absolute Gasteiger partial charge is 0.416 e. The number of amides is 1. The van der Waals surface area contributed by atoms with Crippen molar-refractivity contribution in [3.63, 3.8) is 0 Å². The van der Waals surface area contributed by atoms with E-state index in [0.29, 0.717) is 18.9 Å². The highest BCUT2D eigenvalue weighted by Crippen LogP contribution is 2.36. The maximum atomic E-state index is 13.4. The second kappa shape index (κ2) is 6.51. The Hall–Kier alpha value is -3.49. The van der Waals surface area contributed by atoms with Crippen LogP contribution in [0.15, 0.2) is 35.1 Å². The van der Waals surface area contributed by atoms with E-state index >= 15 is 0 Å². The lowest BCUT2D eigenvalue weighted by Crippen LogP contribution is -2.41. The number of carbonyl (C=O) groups is 1. The van der Waals surface area contributed by atoms with Crippen LogP contribution >= 0.6 is 0 Å². The van der Waals surface area contributed by atoms with Crippen molar-refractivity contribution >= 4 is 11.4 Å². The number of nitrogens with one attached hydrogen (secondary N) is 1. The minimum absolute atomic E-state index is 0.00896. The van der Waals surface area contributed by atoms with Crippen molar-refractivity contribution in [2.24, 2.45) is 0 Å². The van der Waals surface area contributed by atoms with E-state index in [4.69, 9.17) is 9.52 Å². The molecule has 1 atom stereocenters. The van der Waals surface area contributed by atoms with Gasteiger partial charge in [0.05, 0.1) is 23.2 Å². The summed E-state index contributed by atoms with van der Waals surface area (Å²) in [5, 5.41) is 12.9. The molecule has 1 aliphatic rings. The van der Waals surface area contributed by atoms with E-state index < -0.39 is 6.04 Å². The predicted molar refractivity (Wildman–Crippen MR) is 108 cm³/mol. The second-order valence-corrected chi connectivity index (χ2v) is 8.62. The summed E-state index contributed by atoms with van der Waals surface area (Å²) in [5.41, 5.74) is 4.28. The van der Waals surface area contributed by atoms with Gasteiger partial charge in [0.25, 0.3) is 0 Å². The molecule has 1 N–H and O–H groups in total. The highest BCUT2D eigenvalue weighted by atomic mass is 16.4. The number of carbonyl (C=O) groups excluding carboxylic acids is 1. The van der Waals surface area contributed by atoms with E-state index in [1.807, 2.05) is 56.6 Å². The number of rotatable bonds is 2. The zero-order chi connectivity index (χ0) is 21.0. The van der Waals surface area contributed by atoms with Gasteiger partial charge in [-0.1, -0.05) is 26.8 Å². The van der Waals surface area contributed by atoms with Crippen LogP contribution in [0.2, 0.25) is 0 Å². The van der Waals surface area contributed by atoms with Crippen molar-refractivity contribution in [3.8, 4) is 0 Å². The van der Waals surface area contributed by atoms with Crippen LogP contribution in [0.4, 0.5) is 0 Å². The van der Waals surface area contributed by atoms with Crippen LogP contribution in [0.3, 0.4) is 0 Å². The van der Waals surface area contributed by atoms with Gasteiger partial charge in [-0.3, -0.25) is 4.79 Å². The molecule has 0 spiro atoms. The Bertz CT molecular complexity index is 1240. The summed E-state index contributed by atoms with van der Waals surface area (Å²) < 4.78 is 7.57. The van der Waals surface area contributed by atoms with Gasteiger partial charge in [0, 0.05) is 35.8 Å². The molecule has 5 heterocycles. The molecule has 5 rings (SSSR count). The van der Waals surface area contributed by atoms with Crippen molar-refractivity contribution in [3.05, 3.63) is 65.1 Å². The van der Waals surface area contributed by atoms with Crippen molar-refractivity contribution in [2.45, 2.75) is 45.6 Å². The molecule has 1 amide bonds. The monoisotopic (exact) mass is 405 g/mol. The first-order valence-corrected chi connectivity index (χ1v) is 9.95. The lowest BCUT2D eigenvalue weighted by molar-refractivity contribution is 0.0642. The molecule has 1 aliphatic heterocycles. The summed E-state index contributed by atoms with van der Waals surface area (Å²) in [5.74, 6) is 0.113. The molecule has 0 saturated carbocycles. The molecule has 0 fully saturated rings. The number of aromatic amines is 1. The Morgan fingerprint density at radius 3 is 2.80 bits per heavy atom. The van der Waals surface area contributed by atoms with Crippen LogP contribution in [0.1, 0.15) is 66.0 Å². The van der Waals surface area contributed by atoms with Crippen LogP contribution in [-0.4, -0.2) is 47.1 Å². The number of fused-ring (bicyclic) bond motifs is 2. The van der Waals surface area contributed by atoms with E-state index in [1.54, 1.807) is 11.2 Å². The van der Waals surface area contributed by atoms with Crippen molar-refractivity contribution < 1.29 is 9.21 Å². The van der Waals surface area contributed by atoms with Gasteiger partial charge in [0.1, 0.15) is 6.04 Å². The van der Waals surface area contributed by atoms with Crippen molar-refractivity contribution in [2.75, 3.05) is 6.54 Å². The molecular formula is C21H23N7O2. The zero-order valence-electron chi connectivity index (χ0n) is 17.4. The molecule has 0 bridgehead atoms. The number of aromatic nitrogens is 6. The lowest BCUT2D eigenvalue weighted by atomic mass is 9.97. The van der Waals surface area contributed by atoms with Crippen LogP contribution in [0.5, 0.6) is 0 Å². The molecule has 4 aromatic rings. The summed E-state index contributed by atoms with van der Waals surface area (Å²) >= 11 is 0. The first-order chi connectivity index (χ1) is 14.3. The van der Waals surface area contributed by atoms with E-state index in [1.165, 1.54) is 0 Å². The smallest absolute Gasteiger partial charge is 0.312 e. The fraction of sp³-hybridized carbons (Fsp3) is 0.381. The summed E-state index contributed by atoms with van der Waals surface area (Å²) in [6.07, 6.45) is 4.24. The maximum absolute atomic E-state index is 13.4. The van der Waals surface area contributed by atoms with Gasteiger partial charge >= 0.3 is 11.8 Å². The van der Waals surface area contributed by atoms with E-state index in [0.717, 1.165) is 28.2 Å². The van der Waals surface area contributed by atoms with E-state index in [2.05, 4.69) is 20.2 Å². The molecule has 154 valence electrons. The third-order valence-corrected chi connectivity index (χ3v) is 5.52. The second-order valence-electron chi connectivity index (χ2n) is 8.62. The van der Waals surface area contributed by atoms with Crippen molar-refractivity contribution in [1.82, 2.24) is 34.7 Å². The Morgan fingerprint density at radius 1 is 1.23 bits per heavy atom. The van der Waals surface area contributed by atoms with Gasteiger partial charge < -0.3 is 14.3 Å². The fourth-order valence-corrected chi connectivity index (χ4v) is 3.91. The van der Waals surface area contributed by atoms with Gasteiger partial charge in [-0.05, 0) is 19.1 Å². The maximum Gasteiger partial charge on any atom is 0.312 e. The molecule has 0 aromatic carbocycles. The molecule has 9 nitrogen and oxygen atoms in total. The SMILES string of the molecule is Cc1c(C2c3nc[nH]c3CCN2C(=O)c2nnc(C(C)(C)C)o2)nn2ccccc12. The fourth-order valence-electron chi connectivity index (χ4n) is 3.91. The Morgan fingerprint density at radius 2 is 2.07 bits per heavy atom. The predicted octanol–water partition coefficient (Wildman–Crippen LogP) is 2.83. The molecule has 4 aromatic heterocycles. The van der Waals surface area contributed by atoms with Crippen LogP contribution in [0, 0.1) is 6.92 Å². The molecule has 30 heavy (non-hydrogen) atoms. The first kappa shape index (κ1) is 18.5. The van der Waals surface area contributed by atoms with Gasteiger partial charge in [-0.2, -0.15) is 5.10 Å². The number of hydrogen-bond donors (Lipinski definition) is 1. The topological polar surface area (TPSA) is 105 Å². The van der Waals surface area contributed by atoms with E-state index in [-0.39, 0.29) is 17.2 Å². The zero-order valence-corrected chi connectivity index (χ0v) is 17.4. The molecule has 1 unspecified atom stereocenters. The molecule has 9 heteroatoms. The number of H-pyrrole nitrogens is 1. The molecule has 0 aliphatic carbocycles. The van der Waals surface area contributed by atoms with E-state index in [9.17, 15) is 4.79 Å². The number of imidazole rings is 1. The average molecular weight is 405 g/mol. The standard InChI is InChI=1S/C21H23N7O2/c1-12-14-7-5-6-9-28(14)26-15(12)17-16-13(22-11-23-16)8-10-27(17)19(29)18-24-25-20(30-18)21(2,3)4/h5-7,9,11,17H,8,10H2,1-4H3,(H,22,23). The van der Waals surface area contributed by atoms with Gasteiger partial charge in [-0.25, -0.2) is 9.50 Å². The van der Waals surface area contributed by atoms with Crippen LogP contribution in [0.25, 0.3) is 5.52 Å². The van der Waals surface area contributed by atoms with Crippen LogP contribution < -0.4 is 0 Å². The minimum atomic E-state index is -0.433. The normalized spacial score (nSPS) is 16.8. The number of hydrogen-bond acceptors (Lipinski definition) is 6. The summed E-state index contributed by atoms with van der Waals surface area (Å²) in [7, 11) is 0. The number of pyridine rings is 1. The Balaban J connectivity index is 1.61. The number of aryl methyl sites for hydroxylation is 1. The quantitative estimate of drug-likeness (QED) is 0.550. The molecule has 0 saturated heterocycles. The highest BCUT2D eigenvalue weighted by molar-refractivity contribution is 5.90. The van der Waals surface area contributed by atoms with Gasteiger partial charge in [0.2, 0.25) is 5.89 Å². The summed E-state index contributed by atoms with van der Waals surface area (Å²) in [6.45, 7) is 8.42. The lowest BCUT2D eigenvalue weighted by Gasteiger charge is -2.33. The summed E-state index contributed by atoms with van der Waals surface area (Å²) in [4.78, 5) is 22.9. The highest BCUT2D eigenvalue weighted by Gasteiger charge is 2.39. The third kappa shape index (κ3) is 2.80. The van der Waals surface area contributed by atoms with Gasteiger partial charge in [-0.15, -0.1) is 10.2 Å². The molecular weight excluding hydrogens is 382 g/mol. The summed E-state index contributed by atoms with van der Waals surface area (Å²) in [6, 6.07) is 5.49. The van der Waals surface area contributed by atoms with Crippen LogP contribution in [-0.2, 0) is 11.8 Å². The number of nitrogens with zero attached hydrogens (tertiary/aromatic N) is 6. The Labute approximate surface area is 173 Å². The van der Waals surface area contributed by atoms with Gasteiger partial charge in [0.15, 0.2) is 0 Å². The third-order valence-electron chi connectivity index (χ3n) is 5.52. The first-order valence-electron chi connectivity index (χ1n) is 9.95. The molecule has 0 radical (unpaired) electrons. The Kier molecular flexibility index (Phi) is 4.02. The average Bonchev–Trinajstić information content (AvgIpc) is 3.45. The minimum Gasteiger partial charge on any atom is -0.416 e. The van der Waals surface area contributed by atoms with Crippen molar-refractivity contribution in [1.29, 1.82) is 0 Å².